The Morgan fingerprint density at radius 1 is 1.31 bits per heavy atom. The molecule has 2 aromatic carbocycles. The fraction of sp³-hybridized carbons (Fsp3) is 0.105. The number of benzene rings is 2. The number of fused-ring (bicyclic) bond motifs is 1. The zero-order valence-electron chi connectivity index (χ0n) is 13.8. The van der Waals surface area contributed by atoms with Crippen molar-refractivity contribution in [3.05, 3.63) is 87.2 Å². The SMILES string of the molecule is C=CCn1c(=S)[nH]c2cc(C(=O)NCc3ccccc3F)ccc2c1=O. The first kappa shape index (κ1) is 17.8. The molecule has 3 aromatic rings. The summed E-state index contributed by atoms with van der Waals surface area (Å²) in [5, 5.41) is 3.09. The number of nitrogens with one attached hydrogen (secondary N) is 2. The van der Waals surface area contributed by atoms with E-state index in [-0.39, 0.29) is 28.6 Å². The number of amides is 1. The van der Waals surface area contributed by atoms with Crippen molar-refractivity contribution in [2.24, 2.45) is 0 Å². The van der Waals surface area contributed by atoms with E-state index < -0.39 is 0 Å². The monoisotopic (exact) mass is 369 g/mol. The van der Waals surface area contributed by atoms with Gasteiger partial charge in [0.2, 0.25) is 0 Å². The number of carbonyl (C=O) groups is 1. The van der Waals surface area contributed by atoms with Gasteiger partial charge in [-0.05, 0) is 36.5 Å². The molecular weight excluding hydrogens is 353 g/mol. The molecule has 0 saturated heterocycles. The zero-order chi connectivity index (χ0) is 18.7. The van der Waals surface area contributed by atoms with Crippen LogP contribution in [0.4, 0.5) is 4.39 Å². The van der Waals surface area contributed by atoms with Gasteiger partial charge in [0, 0.05) is 24.2 Å². The van der Waals surface area contributed by atoms with Crippen LogP contribution in [0.25, 0.3) is 10.9 Å². The Hall–Kier alpha value is -3.06. The molecule has 2 N–H and O–H groups in total. The van der Waals surface area contributed by atoms with Crippen LogP contribution in [0.15, 0.2) is 59.9 Å². The number of allylic oxidation sites excluding steroid dienone is 1. The lowest BCUT2D eigenvalue weighted by molar-refractivity contribution is 0.0950. The summed E-state index contributed by atoms with van der Waals surface area (Å²) < 4.78 is 15.3. The van der Waals surface area contributed by atoms with Crippen molar-refractivity contribution in [1.29, 1.82) is 0 Å². The van der Waals surface area contributed by atoms with Gasteiger partial charge in [0.25, 0.3) is 11.5 Å². The maximum Gasteiger partial charge on any atom is 0.262 e. The highest BCUT2D eigenvalue weighted by atomic mass is 32.1. The number of aromatic amines is 1. The number of hydrogen-bond acceptors (Lipinski definition) is 3. The average molecular weight is 369 g/mol. The van der Waals surface area contributed by atoms with E-state index in [2.05, 4.69) is 16.9 Å². The van der Waals surface area contributed by atoms with Crippen LogP contribution in [-0.4, -0.2) is 15.5 Å². The first-order chi connectivity index (χ1) is 12.5. The fourth-order valence-corrected chi connectivity index (χ4v) is 2.88. The van der Waals surface area contributed by atoms with Crippen molar-refractivity contribution < 1.29 is 9.18 Å². The summed E-state index contributed by atoms with van der Waals surface area (Å²) in [6, 6.07) is 10.9. The van der Waals surface area contributed by atoms with Gasteiger partial charge < -0.3 is 10.3 Å². The van der Waals surface area contributed by atoms with Gasteiger partial charge in [-0.1, -0.05) is 24.3 Å². The van der Waals surface area contributed by atoms with Crippen molar-refractivity contribution in [1.82, 2.24) is 14.9 Å². The Morgan fingerprint density at radius 3 is 2.81 bits per heavy atom. The Bertz CT molecular complexity index is 1120. The Kier molecular flexibility index (Phi) is 5.09. The van der Waals surface area contributed by atoms with Crippen LogP contribution in [0.2, 0.25) is 0 Å². The second kappa shape index (κ2) is 7.45. The molecule has 0 aliphatic rings. The minimum absolute atomic E-state index is 0.0699. The molecule has 0 spiro atoms. The Balaban J connectivity index is 1.89. The van der Waals surface area contributed by atoms with Gasteiger partial charge in [0.15, 0.2) is 4.77 Å². The lowest BCUT2D eigenvalue weighted by Gasteiger charge is -2.09. The molecule has 0 atom stereocenters. The van der Waals surface area contributed by atoms with Gasteiger partial charge in [-0.2, -0.15) is 0 Å². The fourth-order valence-electron chi connectivity index (χ4n) is 2.61. The largest absolute Gasteiger partial charge is 0.348 e. The molecular formula is C19H16FN3O2S. The number of hydrogen-bond donors (Lipinski definition) is 2. The molecule has 26 heavy (non-hydrogen) atoms. The van der Waals surface area contributed by atoms with Crippen LogP contribution >= 0.6 is 12.2 Å². The summed E-state index contributed by atoms with van der Waals surface area (Å²) in [4.78, 5) is 27.7. The molecule has 0 fully saturated rings. The molecule has 5 nitrogen and oxygen atoms in total. The normalized spacial score (nSPS) is 10.7. The number of nitrogens with zero attached hydrogens (tertiary/aromatic N) is 1. The van der Waals surface area contributed by atoms with Crippen LogP contribution < -0.4 is 10.9 Å². The van der Waals surface area contributed by atoms with Crippen LogP contribution in [0.5, 0.6) is 0 Å². The maximum absolute atomic E-state index is 13.6. The molecule has 1 aromatic heterocycles. The zero-order valence-corrected chi connectivity index (χ0v) is 14.6. The van der Waals surface area contributed by atoms with Crippen molar-refractivity contribution >= 4 is 29.0 Å². The molecule has 0 unspecified atom stereocenters. The van der Waals surface area contributed by atoms with Gasteiger partial charge in [0.05, 0.1) is 10.9 Å². The van der Waals surface area contributed by atoms with E-state index >= 15 is 0 Å². The van der Waals surface area contributed by atoms with Gasteiger partial charge in [0.1, 0.15) is 5.82 Å². The predicted octanol–water partition coefficient (Wildman–Crippen LogP) is 3.31. The van der Waals surface area contributed by atoms with Gasteiger partial charge in [-0.3, -0.25) is 14.2 Å². The highest BCUT2D eigenvalue weighted by Gasteiger charge is 2.11. The summed E-state index contributed by atoms with van der Waals surface area (Å²) in [6.45, 7) is 3.98. The smallest absolute Gasteiger partial charge is 0.262 e. The minimum atomic E-state index is -0.377. The molecule has 1 heterocycles. The molecule has 0 saturated carbocycles. The second-order valence-electron chi connectivity index (χ2n) is 5.67. The van der Waals surface area contributed by atoms with E-state index in [0.717, 1.165) is 0 Å². The molecule has 0 radical (unpaired) electrons. The molecule has 1 amide bonds. The highest BCUT2D eigenvalue weighted by molar-refractivity contribution is 7.71. The van der Waals surface area contributed by atoms with E-state index in [4.69, 9.17) is 12.2 Å². The van der Waals surface area contributed by atoms with Gasteiger partial charge >= 0.3 is 0 Å². The molecule has 7 heteroatoms. The molecule has 3 rings (SSSR count). The first-order valence-electron chi connectivity index (χ1n) is 7.90. The van der Waals surface area contributed by atoms with Crippen molar-refractivity contribution in [2.75, 3.05) is 0 Å². The van der Waals surface area contributed by atoms with E-state index in [9.17, 15) is 14.0 Å². The average Bonchev–Trinajstić information content (AvgIpc) is 2.63. The van der Waals surface area contributed by atoms with Crippen molar-refractivity contribution in [2.45, 2.75) is 13.1 Å². The van der Waals surface area contributed by atoms with Crippen LogP contribution in [0.1, 0.15) is 15.9 Å². The topological polar surface area (TPSA) is 66.9 Å². The molecule has 132 valence electrons. The van der Waals surface area contributed by atoms with E-state index in [1.807, 2.05) is 0 Å². The van der Waals surface area contributed by atoms with E-state index in [0.29, 0.717) is 28.6 Å². The second-order valence-corrected chi connectivity index (χ2v) is 6.06. The predicted molar refractivity (Wildman–Crippen MR) is 101 cm³/mol. The van der Waals surface area contributed by atoms with Crippen molar-refractivity contribution in [3.63, 3.8) is 0 Å². The van der Waals surface area contributed by atoms with Gasteiger partial charge in [-0.25, -0.2) is 4.39 Å². The minimum Gasteiger partial charge on any atom is -0.348 e. The lowest BCUT2D eigenvalue weighted by atomic mass is 10.1. The summed E-state index contributed by atoms with van der Waals surface area (Å²) >= 11 is 5.19. The van der Waals surface area contributed by atoms with Crippen LogP contribution in [0.3, 0.4) is 0 Å². The number of carbonyl (C=O) groups excluding carboxylic acids is 1. The van der Waals surface area contributed by atoms with Gasteiger partial charge in [-0.15, -0.1) is 6.58 Å². The van der Waals surface area contributed by atoms with E-state index in [1.54, 1.807) is 42.5 Å². The number of H-pyrrole nitrogens is 1. The summed E-state index contributed by atoms with van der Waals surface area (Å²) in [6.07, 6.45) is 1.58. The van der Waals surface area contributed by atoms with E-state index in [1.165, 1.54) is 10.6 Å². The summed E-state index contributed by atoms with van der Waals surface area (Å²) in [5.41, 5.74) is 0.967. The molecule has 0 bridgehead atoms. The summed E-state index contributed by atoms with van der Waals surface area (Å²) in [5.74, 6) is -0.747. The highest BCUT2D eigenvalue weighted by Crippen LogP contribution is 2.12. The van der Waals surface area contributed by atoms with Crippen molar-refractivity contribution in [3.8, 4) is 0 Å². The number of rotatable bonds is 5. The third kappa shape index (κ3) is 3.48. The molecule has 0 aliphatic carbocycles. The Morgan fingerprint density at radius 2 is 2.08 bits per heavy atom. The standard InChI is InChI=1S/C19H16FN3O2S/c1-2-9-23-18(25)14-8-7-12(10-16(14)22-19(23)26)17(24)21-11-13-5-3-4-6-15(13)20/h2-8,10H,1,9,11H2,(H,21,24)(H,22,26). The third-order valence-electron chi connectivity index (χ3n) is 3.95. The summed E-state index contributed by atoms with van der Waals surface area (Å²) in [7, 11) is 0. The number of halogens is 1. The van der Waals surface area contributed by atoms with Crippen LogP contribution in [0, 0.1) is 10.6 Å². The maximum atomic E-state index is 13.6. The molecule has 0 aliphatic heterocycles. The first-order valence-corrected chi connectivity index (χ1v) is 8.31. The van der Waals surface area contributed by atoms with Crippen LogP contribution in [-0.2, 0) is 13.1 Å². The number of aromatic nitrogens is 2. The third-order valence-corrected chi connectivity index (χ3v) is 4.28. The quantitative estimate of drug-likeness (QED) is 0.536. The Labute approximate surface area is 153 Å². The lowest BCUT2D eigenvalue weighted by Crippen LogP contribution is -2.24.